The van der Waals surface area contributed by atoms with E-state index in [-0.39, 0.29) is 17.7 Å². The fourth-order valence-corrected chi connectivity index (χ4v) is 10.9. The Hall–Kier alpha value is -2.62. The highest BCUT2D eigenvalue weighted by molar-refractivity contribution is 8.78. The van der Waals surface area contributed by atoms with Gasteiger partial charge in [-0.1, -0.05) is 61.0 Å². The zero-order valence-corrected chi connectivity index (χ0v) is 20.5. The number of anilines is 1. The number of benzene rings is 2. The molecular weight excluding hydrogens is 468 g/mol. The van der Waals surface area contributed by atoms with Crippen molar-refractivity contribution in [3.8, 4) is 0 Å². The van der Waals surface area contributed by atoms with Crippen LogP contribution in [0.3, 0.4) is 0 Å². The molecule has 174 valence electrons. The maximum atomic E-state index is 14.3. The van der Waals surface area contributed by atoms with Gasteiger partial charge >= 0.3 is 0 Å². The van der Waals surface area contributed by atoms with Gasteiger partial charge in [0.05, 0.1) is 5.41 Å². The largest absolute Gasteiger partial charge is 0.388 e. The summed E-state index contributed by atoms with van der Waals surface area (Å²) >= 11 is 0. The molecule has 2 amide bonds. The Morgan fingerprint density at radius 1 is 1.00 bits per heavy atom. The minimum absolute atomic E-state index is 0.103. The summed E-state index contributed by atoms with van der Waals surface area (Å²) in [6, 6.07) is 15.8. The van der Waals surface area contributed by atoms with Crippen molar-refractivity contribution < 1.29 is 14.7 Å². The number of hydrogen-bond donors (Lipinski definition) is 3. The molecule has 2 aromatic carbocycles. The molecule has 3 aromatic rings. The summed E-state index contributed by atoms with van der Waals surface area (Å²) in [4.78, 5) is 32.6. The lowest BCUT2D eigenvalue weighted by Crippen LogP contribution is -2.79. The Bertz CT molecular complexity index is 1410. The van der Waals surface area contributed by atoms with E-state index in [1.807, 2.05) is 68.6 Å². The van der Waals surface area contributed by atoms with E-state index in [4.69, 9.17) is 0 Å². The van der Waals surface area contributed by atoms with E-state index in [1.54, 1.807) is 16.8 Å². The van der Waals surface area contributed by atoms with E-state index >= 15 is 0 Å². The van der Waals surface area contributed by atoms with Crippen LogP contribution in [0.5, 0.6) is 0 Å². The molecule has 7 nitrogen and oxygen atoms in total. The van der Waals surface area contributed by atoms with Crippen molar-refractivity contribution in [3.05, 3.63) is 65.9 Å². The molecule has 0 saturated carbocycles. The van der Waals surface area contributed by atoms with Gasteiger partial charge in [-0.15, -0.1) is 0 Å². The fourth-order valence-electron chi connectivity index (χ4n) is 6.69. The Morgan fingerprint density at radius 3 is 2.53 bits per heavy atom. The molecule has 5 unspecified atom stereocenters. The van der Waals surface area contributed by atoms with Crippen LogP contribution >= 0.6 is 21.6 Å². The summed E-state index contributed by atoms with van der Waals surface area (Å²) in [5, 5.41) is 16.9. The standard InChI is InChI=1S/C25H24N4O3S2/c1-13(2)24-22(32)29-20-23(15-9-5-7-11-18(15)27-20,16-12-26-17-10-6-4-8-14(16)17)19(30)25(29,34-33-24)21(31)28(24)3/h4-13,19-20,26-27,30H,1-3H3. The molecule has 4 fully saturated rings. The van der Waals surface area contributed by atoms with Gasteiger partial charge in [-0.3, -0.25) is 14.5 Å². The molecule has 3 N–H and O–H groups in total. The maximum absolute atomic E-state index is 14.3. The molecule has 6 heterocycles. The minimum atomic E-state index is -1.42. The van der Waals surface area contributed by atoms with Gasteiger partial charge in [0, 0.05) is 29.8 Å². The first-order valence-electron chi connectivity index (χ1n) is 11.4. The minimum Gasteiger partial charge on any atom is -0.388 e. The SMILES string of the molecule is CC(C)C12SSC3(C(=O)N1C)C(O)C1(c4c[nH]c5ccccc45)c4ccccc4NC1N3C2=O. The first kappa shape index (κ1) is 20.7. The Labute approximate surface area is 204 Å². The predicted molar refractivity (Wildman–Crippen MR) is 134 cm³/mol. The number of amides is 2. The number of para-hydroxylation sites is 2. The summed E-state index contributed by atoms with van der Waals surface area (Å²) in [5.41, 5.74) is 2.59. The Morgan fingerprint density at radius 2 is 1.74 bits per heavy atom. The van der Waals surface area contributed by atoms with Crippen molar-refractivity contribution in [1.82, 2.24) is 14.8 Å². The summed E-state index contributed by atoms with van der Waals surface area (Å²) in [5.74, 6) is -0.446. The second kappa shape index (κ2) is 6.33. The predicted octanol–water partition coefficient (Wildman–Crippen LogP) is 3.32. The van der Waals surface area contributed by atoms with Gasteiger partial charge in [0.2, 0.25) is 4.87 Å². The number of H-pyrrole nitrogens is 1. The van der Waals surface area contributed by atoms with Crippen LogP contribution in [0, 0.1) is 5.92 Å². The smallest absolute Gasteiger partial charge is 0.264 e. The van der Waals surface area contributed by atoms with E-state index in [0.717, 1.165) is 27.7 Å². The molecule has 1 spiro atoms. The highest BCUT2D eigenvalue weighted by atomic mass is 33.1. The number of carbonyl (C=O) groups is 2. The van der Waals surface area contributed by atoms with Crippen molar-refractivity contribution in [2.75, 3.05) is 12.4 Å². The first-order valence-corrected chi connectivity index (χ1v) is 13.6. The van der Waals surface area contributed by atoms with Gasteiger partial charge in [0.1, 0.15) is 12.3 Å². The number of piperazine rings is 1. The van der Waals surface area contributed by atoms with Crippen LogP contribution in [0.4, 0.5) is 5.69 Å². The number of likely N-dealkylation sites (N-methyl/N-ethyl adjacent to an activating group) is 1. The highest BCUT2D eigenvalue weighted by Crippen LogP contribution is 2.71. The lowest BCUT2D eigenvalue weighted by molar-refractivity contribution is -0.169. The first-order chi connectivity index (χ1) is 16.3. The van der Waals surface area contributed by atoms with Crippen LogP contribution < -0.4 is 5.32 Å². The van der Waals surface area contributed by atoms with Crippen molar-refractivity contribution in [3.63, 3.8) is 0 Å². The topological polar surface area (TPSA) is 88.7 Å². The van der Waals surface area contributed by atoms with Crippen molar-refractivity contribution >= 4 is 50.0 Å². The average Bonchev–Trinajstić information content (AvgIpc) is 3.46. The molecule has 5 aliphatic rings. The van der Waals surface area contributed by atoms with Crippen LogP contribution in [0.1, 0.15) is 25.0 Å². The van der Waals surface area contributed by atoms with Gasteiger partial charge in [0.25, 0.3) is 11.8 Å². The molecule has 34 heavy (non-hydrogen) atoms. The summed E-state index contributed by atoms with van der Waals surface area (Å²) in [6.07, 6.45) is 0.166. The monoisotopic (exact) mass is 492 g/mol. The van der Waals surface area contributed by atoms with Crippen LogP contribution in [0.2, 0.25) is 0 Å². The average molecular weight is 493 g/mol. The van der Waals surface area contributed by atoms with E-state index in [1.165, 1.54) is 21.6 Å². The van der Waals surface area contributed by atoms with E-state index in [9.17, 15) is 14.7 Å². The van der Waals surface area contributed by atoms with Crippen molar-refractivity contribution in [2.45, 2.75) is 41.3 Å². The van der Waals surface area contributed by atoms with E-state index < -0.39 is 27.4 Å². The van der Waals surface area contributed by atoms with Crippen molar-refractivity contribution in [2.24, 2.45) is 5.92 Å². The molecule has 1 aromatic heterocycles. The zero-order chi connectivity index (χ0) is 23.6. The summed E-state index contributed by atoms with van der Waals surface area (Å²) in [6.45, 7) is 3.95. The third-order valence-electron chi connectivity index (χ3n) is 8.26. The number of carbonyl (C=O) groups excluding carboxylic acids is 2. The van der Waals surface area contributed by atoms with Gasteiger partial charge in [0.15, 0.2) is 4.87 Å². The fraction of sp³-hybridized carbons (Fsp3) is 0.360. The summed E-state index contributed by atoms with van der Waals surface area (Å²) < 4.78 is 0. The second-order valence-corrected chi connectivity index (χ2v) is 12.4. The molecule has 2 bridgehead atoms. The second-order valence-electron chi connectivity index (χ2n) is 9.87. The molecular formula is C25H24N4O3S2. The maximum Gasteiger partial charge on any atom is 0.264 e. The number of aliphatic hydroxyl groups is 1. The van der Waals surface area contributed by atoms with Gasteiger partial charge in [-0.05, 0) is 40.0 Å². The van der Waals surface area contributed by atoms with Gasteiger partial charge in [-0.25, -0.2) is 0 Å². The van der Waals surface area contributed by atoms with E-state index in [0.29, 0.717) is 0 Å². The molecule has 0 radical (unpaired) electrons. The lowest BCUT2D eigenvalue weighted by atomic mass is 9.70. The van der Waals surface area contributed by atoms with Crippen LogP contribution in [-0.4, -0.2) is 60.8 Å². The van der Waals surface area contributed by atoms with Gasteiger partial charge in [-0.2, -0.15) is 0 Å². The van der Waals surface area contributed by atoms with Crippen LogP contribution in [0.25, 0.3) is 10.9 Å². The molecule has 0 aliphatic carbocycles. The number of aliphatic hydroxyl groups excluding tert-OH is 1. The van der Waals surface area contributed by atoms with Crippen molar-refractivity contribution in [1.29, 1.82) is 0 Å². The zero-order valence-electron chi connectivity index (χ0n) is 18.9. The lowest BCUT2D eigenvalue weighted by Gasteiger charge is -2.60. The third-order valence-corrected chi connectivity index (χ3v) is 12.1. The number of aromatic nitrogens is 1. The molecule has 4 saturated heterocycles. The van der Waals surface area contributed by atoms with Crippen LogP contribution in [-0.2, 0) is 15.0 Å². The summed E-state index contributed by atoms with van der Waals surface area (Å²) in [7, 11) is 4.46. The molecule has 8 rings (SSSR count). The van der Waals surface area contributed by atoms with E-state index in [2.05, 4.69) is 10.3 Å². The normalized spacial score (nSPS) is 35.7. The highest BCUT2D eigenvalue weighted by Gasteiger charge is 2.83. The Balaban J connectivity index is 1.57. The molecule has 5 aliphatic heterocycles. The van der Waals surface area contributed by atoms with Gasteiger partial charge < -0.3 is 20.3 Å². The quantitative estimate of drug-likeness (QED) is 0.476. The number of nitrogens with one attached hydrogen (secondary N) is 2. The molecule has 5 atom stereocenters. The number of rotatable bonds is 2. The number of hydrogen-bond acceptors (Lipinski definition) is 6. The third kappa shape index (κ3) is 1.91. The number of fused-ring (bicyclic) bond motifs is 6. The molecule has 9 heteroatoms. The number of nitrogens with zero attached hydrogens (tertiary/aromatic N) is 2. The number of aromatic amines is 1. The van der Waals surface area contributed by atoms with Crippen LogP contribution in [0.15, 0.2) is 54.7 Å². The Kier molecular flexibility index (Phi) is 3.86.